The molecule has 0 radical (unpaired) electrons. The Balaban J connectivity index is 2.52. The normalized spacial score (nSPS) is 10.6. The molecule has 1 heterocycles. The maximum atomic E-state index is 9.12. The van der Waals surface area contributed by atoms with E-state index < -0.39 is 0 Å². The van der Waals surface area contributed by atoms with Crippen LogP contribution in [0.3, 0.4) is 0 Å². The molecule has 1 N–H and O–H groups in total. The number of hydrogen-bond donors (Lipinski definition) is 1. The van der Waals surface area contributed by atoms with Crippen LogP contribution in [0.5, 0.6) is 0 Å². The maximum Gasteiger partial charge on any atom is 0.116 e. The Morgan fingerprint density at radius 1 is 1.33 bits per heavy atom. The Labute approximate surface area is 95.7 Å². The van der Waals surface area contributed by atoms with Crippen molar-refractivity contribution in [2.45, 2.75) is 6.61 Å². The van der Waals surface area contributed by atoms with E-state index in [-0.39, 0.29) is 6.61 Å². The summed E-state index contributed by atoms with van der Waals surface area (Å²) in [5.41, 5.74) is 2.44. The molecule has 0 unspecified atom stereocenters. The van der Waals surface area contributed by atoms with Gasteiger partial charge in [0.2, 0.25) is 0 Å². The average molecular weight is 268 g/mol. The second-order valence-electron chi connectivity index (χ2n) is 3.17. The first-order valence-corrected chi connectivity index (χ1v) is 5.27. The molecule has 0 saturated heterocycles. The van der Waals surface area contributed by atoms with Gasteiger partial charge in [0.15, 0.2) is 0 Å². The van der Waals surface area contributed by atoms with Crippen molar-refractivity contribution in [1.29, 1.82) is 0 Å². The largest absolute Gasteiger partial charge is 0.390 e. The summed E-state index contributed by atoms with van der Waals surface area (Å²) in [5.74, 6) is 0. The molecule has 0 fully saturated rings. The summed E-state index contributed by atoms with van der Waals surface area (Å²) in [5, 5.41) is 16.9. The lowest BCUT2D eigenvalue weighted by atomic mass is 10.1. The van der Waals surface area contributed by atoms with E-state index in [1.165, 1.54) is 0 Å². The molecule has 4 nitrogen and oxygen atoms in total. The number of aryl methyl sites for hydroxylation is 1. The van der Waals surface area contributed by atoms with Crippen LogP contribution in [0.2, 0.25) is 0 Å². The average Bonchev–Trinajstić information content (AvgIpc) is 2.61. The summed E-state index contributed by atoms with van der Waals surface area (Å²) in [7, 11) is 1.81. The molecule has 0 aliphatic carbocycles. The Bertz CT molecular complexity index is 464. The van der Waals surface area contributed by atoms with Gasteiger partial charge in [-0.1, -0.05) is 33.3 Å². The number of benzene rings is 1. The van der Waals surface area contributed by atoms with Crippen LogP contribution in [0.25, 0.3) is 11.3 Å². The highest BCUT2D eigenvalue weighted by Crippen LogP contribution is 2.23. The second kappa shape index (κ2) is 4.12. The summed E-state index contributed by atoms with van der Waals surface area (Å²) >= 11 is 3.38. The fourth-order valence-electron chi connectivity index (χ4n) is 1.47. The SMILES string of the molecule is Cn1nnc(CO)c1-c1ccc(Br)cc1. The number of aliphatic hydroxyl groups excluding tert-OH is 1. The number of hydrogen-bond acceptors (Lipinski definition) is 3. The topological polar surface area (TPSA) is 50.9 Å². The van der Waals surface area contributed by atoms with Crippen LogP contribution < -0.4 is 0 Å². The molecule has 0 aliphatic heterocycles. The lowest BCUT2D eigenvalue weighted by Crippen LogP contribution is -1.95. The summed E-state index contributed by atoms with van der Waals surface area (Å²) in [6.07, 6.45) is 0. The van der Waals surface area contributed by atoms with E-state index in [4.69, 9.17) is 5.11 Å². The van der Waals surface area contributed by atoms with Gasteiger partial charge >= 0.3 is 0 Å². The molecule has 1 aromatic heterocycles. The van der Waals surface area contributed by atoms with Crippen LogP contribution in [0, 0.1) is 0 Å². The lowest BCUT2D eigenvalue weighted by molar-refractivity contribution is 0.277. The van der Waals surface area contributed by atoms with Gasteiger partial charge in [-0.2, -0.15) is 0 Å². The molecular formula is C10H10BrN3O. The number of rotatable bonds is 2. The third kappa shape index (κ3) is 1.93. The van der Waals surface area contributed by atoms with Crippen molar-refractivity contribution in [3.05, 3.63) is 34.4 Å². The van der Waals surface area contributed by atoms with Crippen molar-refractivity contribution >= 4 is 15.9 Å². The minimum Gasteiger partial charge on any atom is -0.390 e. The van der Waals surface area contributed by atoms with Gasteiger partial charge in [0.25, 0.3) is 0 Å². The van der Waals surface area contributed by atoms with Crippen LogP contribution in [0.1, 0.15) is 5.69 Å². The zero-order valence-corrected chi connectivity index (χ0v) is 9.77. The summed E-state index contributed by atoms with van der Waals surface area (Å²) in [6.45, 7) is -0.0980. The summed E-state index contributed by atoms with van der Waals surface area (Å²) in [6, 6.07) is 7.82. The highest BCUT2D eigenvalue weighted by Gasteiger charge is 2.11. The fourth-order valence-corrected chi connectivity index (χ4v) is 1.73. The van der Waals surface area contributed by atoms with Crippen LogP contribution in [-0.2, 0) is 13.7 Å². The predicted molar refractivity (Wildman–Crippen MR) is 60.1 cm³/mol. The van der Waals surface area contributed by atoms with E-state index in [1.807, 2.05) is 31.3 Å². The summed E-state index contributed by atoms with van der Waals surface area (Å²) in [4.78, 5) is 0. The Kier molecular flexibility index (Phi) is 2.83. The van der Waals surface area contributed by atoms with Crippen molar-refractivity contribution < 1.29 is 5.11 Å². The van der Waals surface area contributed by atoms with Gasteiger partial charge in [-0.3, -0.25) is 0 Å². The minimum absolute atomic E-state index is 0.0980. The zero-order valence-electron chi connectivity index (χ0n) is 8.18. The van der Waals surface area contributed by atoms with Gasteiger partial charge < -0.3 is 5.11 Å². The molecule has 2 rings (SSSR count). The van der Waals surface area contributed by atoms with Gasteiger partial charge in [0.1, 0.15) is 5.69 Å². The van der Waals surface area contributed by atoms with Crippen LogP contribution >= 0.6 is 15.9 Å². The quantitative estimate of drug-likeness (QED) is 0.902. The third-order valence-corrected chi connectivity index (χ3v) is 2.69. The van der Waals surface area contributed by atoms with E-state index in [1.54, 1.807) is 4.68 Å². The molecule has 15 heavy (non-hydrogen) atoms. The molecule has 2 aromatic rings. The molecule has 78 valence electrons. The molecule has 0 spiro atoms. The van der Waals surface area contributed by atoms with Gasteiger partial charge in [-0.15, -0.1) is 5.10 Å². The highest BCUT2D eigenvalue weighted by molar-refractivity contribution is 9.10. The number of aromatic nitrogens is 3. The molecular weight excluding hydrogens is 258 g/mol. The van der Waals surface area contributed by atoms with Crippen LogP contribution in [0.4, 0.5) is 0 Å². The third-order valence-electron chi connectivity index (χ3n) is 2.16. The van der Waals surface area contributed by atoms with Crippen LogP contribution in [-0.4, -0.2) is 20.1 Å². The van der Waals surface area contributed by atoms with Crippen molar-refractivity contribution in [1.82, 2.24) is 15.0 Å². The van der Waals surface area contributed by atoms with Crippen molar-refractivity contribution in [3.8, 4) is 11.3 Å². The molecule has 0 atom stereocenters. The van der Waals surface area contributed by atoms with Crippen molar-refractivity contribution in [2.24, 2.45) is 7.05 Å². The minimum atomic E-state index is -0.0980. The molecule has 0 amide bonds. The first-order valence-electron chi connectivity index (χ1n) is 4.47. The van der Waals surface area contributed by atoms with E-state index in [0.717, 1.165) is 15.7 Å². The van der Waals surface area contributed by atoms with Crippen molar-refractivity contribution in [3.63, 3.8) is 0 Å². The monoisotopic (exact) mass is 267 g/mol. The van der Waals surface area contributed by atoms with Gasteiger partial charge in [-0.25, -0.2) is 4.68 Å². The molecule has 5 heteroatoms. The molecule has 1 aromatic carbocycles. The molecule has 0 bridgehead atoms. The number of halogens is 1. The van der Waals surface area contributed by atoms with Gasteiger partial charge in [-0.05, 0) is 12.1 Å². The van der Waals surface area contributed by atoms with E-state index in [0.29, 0.717) is 5.69 Å². The molecule has 0 saturated carbocycles. The first kappa shape index (κ1) is 10.3. The van der Waals surface area contributed by atoms with Gasteiger partial charge in [0.05, 0.1) is 12.3 Å². The fraction of sp³-hybridized carbons (Fsp3) is 0.200. The smallest absolute Gasteiger partial charge is 0.116 e. The molecule has 0 aliphatic rings. The second-order valence-corrected chi connectivity index (χ2v) is 4.09. The Morgan fingerprint density at radius 3 is 2.60 bits per heavy atom. The van der Waals surface area contributed by atoms with Crippen LogP contribution in [0.15, 0.2) is 28.7 Å². The van der Waals surface area contributed by atoms with Crippen molar-refractivity contribution in [2.75, 3.05) is 0 Å². The number of nitrogens with zero attached hydrogens (tertiary/aromatic N) is 3. The lowest BCUT2D eigenvalue weighted by Gasteiger charge is -2.03. The predicted octanol–water partition coefficient (Wildman–Crippen LogP) is 1.74. The zero-order chi connectivity index (χ0) is 10.8. The summed E-state index contributed by atoms with van der Waals surface area (Å²) < 4.78 is 2.68. The Hall–Kier alpha value is -1.20. The van der Waals surface area contributed by atoms with E-state index in [2.05, 4.69) is 26.2 Å². The Morgan fingerprint density at radius 2 is 2.00 bits per heavy atom. The maximum absolute atomic E-state index is 9.12. The first-order chi connectivity index (χ1) is 7.22. The standard InChI is InChI=1S/C10H10BrN3O/c1-14-10(9(6-15)12-13-14)7-2-4-8(11)5-3-7/h2-5,15H,6H2,1H3. The van der Waals surface area contributed by atoms with Gasteiger partial charge in [0, 0.05) is 17.1 Å². The van der Waals surface area contributed by atoms with E-state index >= 15 is 0 Å². The van der Waals surface area contributed by atoms with E-state index in [9.17, 15) is 0 Å². The highest BCUT2D eigenvalue weighted by atomic mass is 79.9. The number of aliphatic hydroxyl groups is 1.